The fraction of sp³-hybridized carbons (Fsp3) is 0. The third-order valence-electron chi connectivity index (χ3n) is 9.13. The summed E-state index contributed by atoms with van der Waals surface area (Å²) < 4.78 is 0. The van der Waals surface area contributed by atoms with E-state index in [1.165, 1.54) is 55.6 Å². The van der Waals surface area contributed by atoms with E-state index in [9.17, 15) is 0 Å². The Morgan fingerprint density at radius 1 is 0.184 bits per heavy atom. The van der Waals surface area contributed by atoms with Crippen molar-refractivity contribution >= 4 is 17.1 Å². The van der Waals surface area contributed by atoms with Crippen LogP contribution in [0.4, 0.5) is 17.1 Å². The molecule has 8 aromatic carbocycles. The van der Waals surface area contributed by atoms with Crippen molar-refractivity contribution in [1.29, 1.82) is 0 Å². The van der Waals surface area contributed by atoms with Gasteiger partial charge in [-0.1, -0.05) is 176 Å². The van der Waals surface area contributed by atoms with Gasteiger partial charge in [-0.05, 0) is 92.0 Å². The molecule has 8 aromatic rings. The second-order valence-electron chi connectivity index (χ2n) is 12.2. The Balaban J connectivity index is 1.11. The highest BCUT2D eigenvalue weighted by molar-refractivity contribution is 5.85. The molecular weight excluding hydrogens is 591 g/mol. The SMILES string of the molecule is c1ccc(-c2ccc(N(c3ccc(-c4ccccc4)cc3)c3ccc(-c4ccc(-c5ccccc5-c5ccccc5)cc4)cc3)cc2)cc1. The fourth-order valence-corrected chi connectivity index (χ4v) is 6.56. The quantitative estimate of drug-likeness (QED) is 0.162. The van der Waals surface area contributed by atoms with Crippen LogP contribution in [0.5, 0.6) is 0 Å². The zero-order valence-electron chi connectivity index (χ0n) is 27.2. The molecule has 1 heteroatoms. The fourth-order valence-electron chi connectivity index (χ4n) is 6.56. The van der Waals surface area contributed by atoms with Gasteiger partial charge >= 0.3 is 0 Å². The zero-order chi connectivity index (χ0) is 32.8. The van der Waals surface area contributed by atoms with Gasteiger partial charge in [0.25, 0.3) is 0 Å². The molecule has 232 valence electrons. The molecule has 0 heterocycles. The van der Waals surface area contributed by atoms with Crippen molar-refractivity contribution in [2.75, 3.05) is 4.90 Å². The van der Waals surface area contributed by atoms with Crippen LogP contribution in [0.15, 0.2) is 212 Å². The lowest BCUT2D eigenvalue weighted by Crippen LogP contribution is -2.09. The van der Waals surface area contributed by atoms with Crippen LogP contribution in [0, 0.1) is 0 Å². The lowest BCUT2D eigenvalue weighted by Gasteiger charge is -2.26. The summed E-state index contributed by atoms with van der Waals surface area (Å²) in [5.74, 6) is 0. The predicted molar refractivity (Wildman–Crippen MR) is 208 cm³/mol. The molecule has 0 radical (unpaired) electrons. The van der Waals surface area contributed by atoms with E-state index in [-0.39, 0.29) is 0 Å². The van der Waals surface area contributed by atoms with Crippen LogP contribution in [0.2, 0.25) is 0 Å². The summed E-state index contributed by atoms with van der Waals surface area (Å²) in [6.07, 6.45) is 0. The van der Waals surface area contributed by atoms with Gasteiger partial charge in [0.15, 0.2) is 0 Å². The summed E-state index contributed by atoms with van der Waals surface area (Å²) in [4.78, 5) is 2.33. The van der Waals surface area contributed by atoms with Gasteiger partial charge in [-0.15, -0.1) is 0 Å². The van der Waals surface area contributed by atoms with Crippen molar-refractivity contribution < 1.29 is 0 Å². The number of hydrogen-bond acceptors (Lipinski definition) is 1. The zero-order valence-corrected chi connectivity index (χ0v) is 27.2. The van der Waals surface area contributed by atoms with Gasteiger partial charge in [0.2, 0.25) is 0 Å². The van der Waals surface area contributed by atoms with Gasteiger partial charge in [-0.2, -0.15) is 0 Å². The van der Waals surface area contributed by atoms with E-state index in [0.29, 0.717) is 0 Å². The van der Waals surface area contributed by atoms with Gasteiger partial charge in [0.05, 0.1) is 0 Å². The van der Waals surface area contributed by atoms with Crippen LogP contribution in [0.25, 0.3) is 55.6 Å². The van der Waals surface area contributed by atoms with E-state index < -0.39 is 0 Å². The van der Waals surface area contributed by atoms with E-state index in [0.717, 1.165) is 17.1 Å². The molecule has 1 nitrogen and oxygen atoms in total. The van der Waals surface area contributed by atoms with Crippen molar-refractivity contribution in [2.24, 2.45) is 0 Å². The number of hydrogen-bond donors (Lipinski definition) is 0. The highest BCUT2D eigenvalue weighted by Crippen LogP contribution is 2.38. The molecule has 0 aliphatic heterocycles. The lowest BCUT2D eigenvalue weighted by molar-refractivity contribution is 1.28. The molecule has 8 rings (SSSR count). The maximum Gasteiger partial charge on any atom is 0.0462 e. The van der Waals surface area contributed by atoms with Crippen molar-refractivity contribution in [3.05, 3.63) is 212 Å². The normalized spacial score (nSPS) is 10.9. The summed E-state index contributed by atoms with van der Waals surface area (Å²) in [5, 5.41) is 0. The molecule has 0 amide bonds. The molecule has 0 atom stereocenters. The Morgan fingerprint density at radius 3 is 0.755 bits per heavy atom. The van der Waals surface area contributed by atoms with Gasteiger partial charge in [0, 0.05) is 17.1 Å². The van der Waals surface area contributed by atoms with Crippen molar-refractivity contribution in [3.63, 3.8) is 0 Å². The third-order valence-corrected chi connectivity index (χ3v) is 9.13. The largest absolute Gasteiger partial charge is 0.311 e. The van der Waals surface area contributed by atoms with E-state index in [1.807, 2.05) is 0 Å². The number of rotatable bonds is 8. The molecule has 0 aliphatic rings. The summed E-state index contributed by atoms with van der Waals surface area (Å²) >= 11 is 0. The molecular formula is C48H35N. The maximum atomic E-state index is 2.33. The molecule has 0 fully saturated rings. The Labute approximate surface area is 289 Å². The first-order valence-electron chi connectivity index (χ1n) is 16.8. The Morgan fingerprint density at radius 2 is 0.408 bits per heavy atom. The van der Waals surface area contributed by atoms with Crippen molar-refractivity contribution in [1.82, 2.24) is 0 Å². The first-order valence-corrected chi connectivity index (χ1v) is 16.8. The topological polar surface area (TPSA) is 3.24 Å². The number of anilines is 3. The molecule has 0 saturated heterocycles. The smallest absolute Gasteiger partial charge is 0.0462 e. The van der Waals surface area contributed by atoms with Crippen LogP contribution >= 0.6 is 0 Å². The van der Waals surface area contributed by atoms with Gasteiger partial charge < -0.3 is 4.90 Å². The van der Waals surface area contributed by atoms with Crippen LogP contribution in [-0.2, 0) is 0 Å². The standard InChI is InChI=1S/C48H35N/c1-4-12-36(13-5-1)39-24-30-44(31-25-39)49(45-32-26-40(27-33-45)37-14-6-2-7-15-37)46-34-28-41(29-35-46)38-20-22-43(23-21-38)48-19-11-10-18-47(48)42-16-8-3-9-17-42/h1-35H. The van der Waals surface area contributed by atoms with Crippen LogP contribution in [0.3, 0.4) is 0 Å². The highest BCUT2D eigenvalue weighted by Gasteiger charge is 2.14. The van der Waals surface area contributed by atoms with E-state index in [2.05, 4.69) is 217 Å². The predicted octanol–water partition coefficient (Wildman–Crippen LogP) is 13.5. The first kappa shape index (κ1) is 29.9. The summed E-state index contributed by atoms with van der Waals surface area (Å²) in [7, 11) is 0. The van der Waals surface area contributed by atoms with E-state index in [1.54, 1.807) is 0 Å². The van der Waals surface area contributed by atoms with Crippen LogP contribution < -0.4 is 4.90 Å². The second-order valence-corrected chi connectivity index (χ2v) is 12.2. The van der Waals surface area contributed by atoms with E-state index in [4.69, 9.17) is 0 Å². The van der Waals surface area contributed by atoms with Gasteiger partial charge in [0.1, 0.15) is 0 Å². The first-order chi connectivity index (χ1) is 24.3. The van der Waals surface area contributed by atoms with Crippen LogP contribution in [-0.4, -0.2) is 0 Å². The molecule has 0 saturated carbocycles. The minimum Gasteiger partial charge on any atom is -0.311 e. The van der Waals surface area contributed by atoms with Crippen molar-refractivity contribution in [2.45, 2.75) is 0 Å². The molecule has 0 N–H and O–H groups in total. The maximum absolute atomic E-state index is 2.33. The monoisotopic (exact) mass is 625 g/mol. The Bertz CT molecular complexity index is 2170. The number of benzene rings is 8. The summed E-state index contributed by atoms with van der Waals surface area (Å²) in [6.45, 7) is 0. The second kappa shape index (κ2) is 13.7. The van der Waals surface area contributed by atoms with Gasteiger partial charge in [-0.25, -0.2) is 0 Å². The average molecular weight is 626 g/mol. The number of nitrogens with zero attached hydrogens (tertiary/aromatic N) is 1. The third kappa shape index (κ3) is 6.43. The summed E-state index contributed by atoms with van der Waals surface area (Å²) in [5.41, 5.74) is 15.5. The molecule has 0 aromatic heterocycles. The Hall–Kier alpha value is -6.44. The minimum atomic E-state index is 1.11. The summed E-state index contributed by atoms with van der Waals surface area (Å²) in [6, 6.07) is 75.9. The van der Waals surface area contributed by atoms with Crippen LogP contribution in [0.1, 0.15) is 0 Å². The minimum absolute atomic E-state index is 1.11. The highest BCUT2D eigenvalue weighted by atomic mass is 15.1. The lowest BCUT2D eigenvalue weighted by atomic mass is 9.93. The average Bonchev–Trinajstić information content (AvgIpc) is 3.20. The molecule has 0 unspecified atom stereocenters. The van der Waals surface area contributed by atoms with Crippen molar-refractivity contribution in [3.8, 4) is 55.6 Å². The molecule has 0 aliphatic carbocycles. The van der Waals surface area contributed by atoms with E-state index >= 15 is 0 Å². The molecule has 0 spiro atoms. The Kier molecular flexibility index (Phi) is 8.39. The molecule has 0 bridgehead atoms. The van der Waals surface area contributed by atoms with Gasteiger partial charge in [-0.3, -0.25) is 0 Å². The molecule has 49 heavy (non-hydrogen) atoms.